The molecule has 1 unspecified atom stereocenters. The Morgan fingerprint density at radius 2 is 2.40 bits per heavy atom. The number of carbonyl (C=O) groups excluding carboxylic acids is 1. The van der Waals surface area contributed by atoms with Crippen molar-refractivity contribution in [1.82, 2.24) is 10.6 Å². The molecular weight excluding hydrogens is 208 g/mol. The van der Waals surface area contributed by atoms with Crippen molar-refractivity contribution in [2.45, 2.75) is 13.3 Å². The lowest BCUT2D eigenvalue weighted by Gasteiger charge is -2.10. The summed E-state index contributed by atoms with van der Waals surface area (Å²) in [6.45, 7) is 3.38. The summed E-state index contributed by atoms with van der Waals surface area (Å²) in [6, 6.07) is 4.12. The predicted octanol–water partition coefficient (Wildman–Crippen LogP) is 1.26. The Bertz CT molecular complexity index is 285. The fraction of sp³-hybridized carbons (Fsp3) is 0.545. The Labute approximate surface area is 94.9 Å². The molecule has 0 aliphatic carbocycles. The van der Waals surface area contributed by atoms with Crippen LogP contribution in [0.3, 0.4) is 0 Å². The number of rotatable bonds is 6. The topological polar surface area (TPSA) is 41.1 Å². The van der Waals surface area contributed by atoms with E-state index in [1.165, 1.54) is 4.88 Å². The van der Waals surface area contributed by atoms with Gasteiger partial charge >= 0.3 is 0 Å². The van der Waals surface area contributed by atoms with Gasteiger partial charge in [-0.15, -0.1) is 11.3 Å². The zero-order chi connectivity index (χ0) is 11.1. The zero-order valence-electron chi connectivity index (χ0n) is 9.25. The van der Waals surface area contributed by atoms with Crippen molar-refractivity contribution in [1.29, 1.82) is 0 Å². The van der Waals surface area contributed by atoms with Crippen molar-refractivity contribution >= 4 is 17.2 Å². The van der Waals surface area contributed by atoms with Gasteiger partial charge in [-0.05, 0) is 24.9 Å². The molecule has 0 aliphatic heterocycles. The second kappa shape index (κ2) is 6.58. The lowest BCUT2D eigenvalue weighted by Crippen LogP contribution is -2.35. The summed E-state index contributed by atoms with van der Waals surface area (Å²) in [6.07, 6.45) is 0.926. The minimum atomic E-state index is 0.0401. The summed E-state index contributed by atoms with van der Waals surface area (Å²) in [7, 11) is 1.86. The fourth-order valence-corrected chi connectivity index (χ4v) is 2.05. The lowest BCUT2D eigenvalue weighted by atomic mass is 10.1. The van der Waals surface area contributed by atoms with E-state index in [0.717, 1.165) is 19.5 Å². The summed E-state index contributed by atoms with van der Waals surface area (Å²) in [5.74, 6) is 0.166. The van der Waals surface area contributed by atoms with Gasteiger partial charge in [0.2, 0.25) is 5.91 Å². The van der Waals surface area contributed by atoms with Gasteiger partial charge < -0.3 is 10.6 Å². The molecule has 0 radical (unpaired) electrons. The predicted molar refractivity (Wildman–Crippen MR) is 64.1 cm³/mol. The molecule has 0 aromatic carbocycles. The zero-order valence-corrected chi connectivity index (χ0v) is 10.1. The maximum atomic E-state index is 11.5. The molecule has 1 amide bonds. The van der Waals surface area contributed by atoms with Crippen LogP contribution in [0.15, 0.2) is 17.5 Å². The normalized spacial score (nSPS) is 12.4. The Morgan fingerprint density at radius 3 is 3.00 bits per heavy atom. The van der Waals surface area contributed by atoms with Crippen LogP contribution in [0.1, 0.15) is 11.8 Å². The Morgan fingerprint density at radius 1 is 1.60 bits per heavy atom. The third-order valence-corrected chi connectivity index (χ3v) is 3.14. The minimum Gasteiger partial charge on any atom is -0.355 e. The molecule has 4 heteroatoms. The van der Waals surface area contributed by atoms with E-state index in [9.17, 15) is 4.79 Å². The van der Waals surface area contributed by atoms with Gasteiger partial charge in [-0.25, -0.2) is 0 Å². The van der Waals surface area contributed by atoms with E-state index in [2.05, 4.69) is 22.1 Å². The largest absolute Gasteiger partial charge is 0.355 e. The Hall–Kier alpha value is -0.870. The highest BCUT2D eigenvalue weighted by Gasteiger charge is 2.10. The van der Waals surface area contributed by atoms with E-state index in [1.807, 2.05) is 20.0 Å². The second-order valence-corrected chi connectivity index (χ2v) is 4.61. The summed E-state index contributed by atoms with van der Waals surface area (Å²) >= 11 is 1.73. The maximum absolute atomic E-state index is 11.5. The van der Waals surface area contributed by atoms with Crippen molar-refractivity contribution in [2.24, 2.45) is 5.92 Å². The molecule has 0 saturated carbocycles. The quantitative estimate of drug-likeness (QED) is 0.767. The molecule has 0 aliphatic rings. The van der Waals surface area contributed by atoms with Crippen molar-refractivity contribution in [3.8, 4) is 0 Å². The molecule has 1 rings (SSSR count). The van der Waals surface area contributed by atoms with Gasteiger partial charge in [-0.3, -0.25) is 4.79 Å². The highest BCUT2D eigenvalue weighted by molar-refractivity contribution is 7.09. The van der Waals surface area contributed by atoms with E-state index < -0.39 is 0 Å². The molecule has 2 N–H and O–H groups in total. The third kappa shape index (κ3) is 4.44. The van der Waals surface area contributed by atoms with Crippen LogP contribution in [0.2, 0.25) is 0 Å². The molecule has 84 valence electrons. The van der Waals surface area contributed by atoms with Gasteiger partial charge in [0, 0.05) is 23.9 Å². The first-order valence-electron chi connectivity index (χ1n) is 5.18. The lowest BCUT2D eigenvalue weighted by molar-refractivity contribution is -0.124. The van der Waals surface area contributed by atoms with Crippen LogP contribution in [0.25, 0.3) is 0 Å². The number of amides is 1. The van der Waals surface area contributed by atoms with Crippen molar-refractivity contribution in [2.75, 3.05) is 20.1 Å². The minimum absolute atomic E-state index is 0.0401. The van der Waals surface area contributed by atoms with Crippen LogP contribution < -0.4 is 10.6 Å². The van der Waals surface area contributed by atoms with E-state index in [1.54, 1.807) is 11.3 Å². The van der Waals surface area contributed by atoms with Crippen LogP contribution >= 0.6 is 11.3 Å². The summed E-state index contributed by atoms with van der Waals surface area (Å²) in [5, 5.41) is 7.98. The number of thiophene rings is 1. The van der Waals surface area contributed by atoms with Crippen molar-refractivity contribution in [3.63, 3.8) is 0 Å². The van der Waals surface area contributed by atoms with Gasteiger partial charge in [0.1, 0.15) is 0 Å². The fourth-order valence-electron chi connectivity index (χ4n) is 1.34. The van der Waals surface area contributed by atoms with E-state index in [-0.39, 0.29) is 11.8 Å². The summed E-state index contributed by atoms with van der Waals surface area (Å²) < 4.78 is 0. The average Bonchev–Trinajstić information content (AvgIpc) is 2.71. The van der Waals surface area contributed by atoms with E-state index in [4.69, 9.17) is 0 Å². The van der Waals surface area contributed by atoms with Crippen LogP contribution in [0, 0.1) is 5.92 Å². The van der Waals surface area contributed by atoms with Crippen LogP contribution in [0.5, 0.6) is 0 Å². The number of nitrogens with one attached hydrogen (secondary N) is 2. The summed E-state index contributed by atoms with van der Waals surface area (Å²) in [4.78, 5) is 12.8. The van der Waals surface area contributed by atoms with Gasteiger partial charge in [0.05, 0.1) is 0 Å². The third-order valence-electron chi connectivity index (χ3n) is 2.21. The molecular formula is C11H18N2OS. The van der Waals surface area contributed by atoms with E-state index in [0.29, 0.717) is 0 Å². The molecule has 3 nitrogen and oxygen atoms in total. The monoisotopic (exact) mass is 226 g/mol. The molecule has 15 heavy (non-hydrogen) atoms. The Balaban J connectivity index is 2.17. The van der Waals surface area contributed by atoms with Gasteiger partial charge in [-0.1, -0.05) is 13.0 Å². The first-order chi connectivity index (χ1) is 7.24. The Kier molecular flexibility index (Phi) is 5.36. The first kappa shape index (κ1) is 12.2. The summed E-state index contributed by atoms with van der Waals surface area (Å²) in [5.41, 5.74) is 0. The molecule has 1 heterocycles. The average molecular weight is 226 g/mol. The van der Waals surface area contributed by atoms with Crippen LogP contribution in [0.4, 0.5) is 0 Å². The highest BCUT2D eigenvalue weighted by atomic mass is 32.1. The standard InChI is InChI=1S/C11H18N2OS/c1-9(8-12-2)11(14)13-6-5-10-4-3-7-15-10/h3-4,7,9,12H,5-6,8H2,1-2H3,(H,13,14). The van der Waals surface area contributed by atoms with E-state index >= 15 is 0 Å². The van der Waals surface area contributed by atoms with Crippen molar-refractivity contribution < 1.29 is 4.79 Å². The molecule has 0 bridgehead atoms. The number of hydrogen-bond acceptors (Lipinski definition) is 3. The van der Waals surface area contributed by atoms with Crippen LogP contribution in [-0.2, 0) is 11.2 Å². The van der Waals surface area contributed by atoms with Crippen LogP contribution in [-0.4, -0.2) is 26.0 Å². The number of carbonyl (C=O) groups is 1. The van der Waals surface area contributed by atoms with Crippen molar-refractivity contribution in [3.05, 3.63) is 22.4 Å². The molecule has 1 aromatic heterocycles. The van der Waals surface area contributed by atoms with Gasteiger partial charge in [-0.2, -0.15) is 0 Å². The molecule has 0 spiro atoms. The number of hydrogen-bond donors (Lipinski definition) is 2. The molecule has 1 atom stereocenters. The highest BCUT2D eigenvalue weighted by Crippen LogP contribution is 2.08. The van der Waals surface area contributed by atoms with Gasteiger partial charge in [0.25, 0.3) is 0 Å². The smallest absolute Gasteiger partial charge is 0.224 e. The first-order valence-corrected chi connectivity index (χ1v) is 6.06. The SMILES string of the molecule is CNCC(C)C(=O)NCCc1cccs1. The molecule has 0 fully saturated rings. The second-order valence-electron chi connectivity index (χ2n) is 3.58. The van der Waals surface area contributed by atoms with Gasteiger partial charge in [0.15, 0.2) is 0 Å². The maximum Gasteiger partial charge on any atom is 0.224 e. The molecule has 1 aromatic rings. The molecule has 0 saturated heterocycles.